The van der Waals surface area contributed by atoms with Crippen LogP contribution in [0, 0.1) is 0 Å². The molecule has 1 aliphatic heterocycles. The molecule has 2 aromatic rings. The van der Waals surface area contributed by atoms with Crippen LogP contribution in [0.2, 0.25) is 0 Å². The Morgan fingerprint density at radius 2 is 2.00 bits per heavy atom. The first-order valence-electron chi connectivity index (χ1n) is 8.53. The molecule has 2 aromatic heterocycles. The Kier molecular flexibility index (Phi) is 5.90. The highest BCUT2D eigenvalue weighted by atomic mass is 16.6. The molecule has 7 N–H and O–H groups in total. The van der Waals surface area contributed by atoms with Crippen LogP contribution in [0.15, 0.2) is 12.7 Å². The number of imidazole rings is 1. The van der Waals surface area contributed by atoms with Gasteiger partial charge in [-0.3, -0.25) is 9.88 Å². The first-order chi connectivity index (χ1) is 13.7. The minimum Gasteiger partial charge on any atom is -0.480 e. The Hall–Kier alpha value is -2.91. The minimum absolute atomic E-state index is 0.0623. The number of urea groups is 1. The third-order valence-corrected chi connectivity index (χ3v) is 4.42. The van der Waals surface area contributed by atoms with E-state index in [1.54, 1.807) is 0 Å². The zero-order valence-electron chi connectivity index (χ0n) is 15.1. The second kappa shape index (κ2) is 8.22. The normalized spacial score (nSPS) is 26.2. The predicted octanol–water partition coefficient (Wildman–Crippen LogP) is -2.61. The summed E-state index contributed by atoms with van der Waals surface area (Å²) in [5, 5.41) is 52.2. The summed E-state index contributed by atoms with van der Waals surface area (Å²) in [6.45, 7) is 0.710. The highest BCUT2D eigenvalue weighted by Gasteiger charge is 2.44. The van der Waals surface area contributed by atoms with Crippen LogP contribution in [0.1, 0.15) is 13.2 Å². The molecule has 1 aliphatic rings. The van der Waals surface area contributed by atoms with E-state index in [1.807, 2.05) is 0 Å². The first-order valence-corrected chi connectivity index (χ1v) is 8.53. The Bertz CT molecular complexity index is 904. The number of amides is 2. The fourth-order valence-corrected chi connectivity index (χ4v) is 2.91. The lowest BCUT2D eigenvalue weighted by Crippen LogP contribution is -2.49. The van der Waals surface area contributed by atoms with Gasteiger partial charge in [-0.25, -0.2) is 24.5 Å². The smallest absolute Gasteiger partial charge is 0.328 e. The van der Waals surface area contributed by atoms with Gasteiger partial charge in [-0.2, -0.15) is 0 Å². The van der Waals surface area contributed by atoms with Gasteiger partial charge in [-0.05, 0) is 6.92 Å². The van der Waals surface area contributed by atoms with Crippen molar-refractivity contribution in [2.75, 3.05) is 11.9 Å². The van der Waals surface area contributed by atoms with Crippen LogP contribution in [0.3, 0.4) is 0 Å². The number of nitrogens with one attached hydrogen (secondary N) is 2. The van der Waals surface area contributed by atoms with Gasteiger partial charge in [0.2, 0.25) is 0 Å². The molecule has 1 saturated heterocycles. The molecular formula is C15H20N6O8. The number of carboxylic acid groups (broad SMARTS) is 1. The maximum Gasteiger partial charge on any atom is 0.328 e. The summed E-state index contributed by atoms with van der Waals surface area (Å²) in [6.07, 6.45) is -3.75. The van der Waals surface area contributed by atoms with E-state index >= 15 is 0 Å². The molecule has 29 heavy (non-hydrogen) atoms. The van der Waals surface area contributed by atoms with Crippen LogP contribution in [0.5, 0.6) is 0 Å². The number of carbonyl (C=O) groups excluding carboxylic acids is 1. The number of aromatic nitrogens is 4. The number of rotatable bonds is 6. The number of aliphatic hydroxyl groups is 4. The Balaban J connectivity index is 1.83. The van der Waals surface area contributed by atoms with E-state index in [0.29, 0.717) is 0 Å². The van der Waals surface area contributed by atoms with Crippen molar-refractivity contribution >= 4 is 29.0 Å². The molecule has 6 atom stereocenters. The number of anilines is 1. The van der Waals surface area contributed by atoms with Gasteiger partial charge in [0, 0.05) is 0 Å². The van der Waals surface area contributed by atoms with Crippen LogP contribution >= 0.6 is 0 Å². The number of aliphatic hydroxyl groups excluding tert-OH is 4. The molecule has 2 amide bonds. The second-order valence-corrected chi connectivity index (χ2v) is 6.43. The lowest BCUT2D eigenvalue weighted by Gasteiger charge is -2.17. The topological polar surface area (TPSA) is 212 Å². The molecule has 0 spiro atoms. The number of carboxylic acids is 1. The van der Waals surface area contributed by atoms with Crippen LogP contribution in [-0.4, -0.2) is 94.1 Å². The van der Waals surface area contributed by atoms with Gasteiger partial charge in [0.1, 0.15) is 24.6 Å². The monoisotopic (exact) mass is 417 g/mol. The molecule has 14 heteroatoms. The van der Waals surface area contributed by atoms with Crippen molar-refractivity contribution in [1.29, 1.82) is 0 Å². The number of carbonyl (C=O) groups is 2. The van der Waals surface area contributed by atoms with Crippen molar-refractivity contribution < 1.29 is 39.9 Å². The molecule has 1 fully saturated rings. The minimum atomic E-state index is -1.54. The van der Waals surface area contributed by atoms with Gasteiger partial charge in [-0.1, -0.05) is 0 Å². The summed E-state index contributed by atoms with van der Waals surface area (Å²) >= 11 is 0. The van der Waals surface area contributed by atoms with Crippen molar-refractivity contribution in [2.24, 2.45) is 0 Å². The largest absolute Gasteiger partial charge is 0.480 e. The molecule has 0 radical (unpaired) electrons. The summed E-state index contributed by atoms with van der Waals surface area (Å²) in [6, 6.07) is -2.48. The molecule has 158 valence electrons. The molecular weight excluding hydrogens is 397 g/mol. The Labute approximate surface area is 162 Å². The van der Waals surface area contributed by atoms with Crippen molar-refractivity contribution in [3.63, 3.8) is 0 Å². The van der Waals surface area contributed by atoms with Gasteiger partial charge < -0.3 is 35.6 Å². The fourth-order valence-electron chi connectivity index (χ4n) is 2.91. The van der Waals surface area contributed by atoms with Crippen LogP contribution < -0.4 is 10.6 Å². The van der Waals surface area contributed by atoms with Gasteiger partial charge >= 0.3 is 12.0 Å². The Morgan fingerprint density at radius 3 is 2.59 bits per heavy atom. The Morgan fingerprint density at radius 1 is 1.28 bits per heavy atom. The molecule has 0 saturated carbocycles. The van der Waals surface area contributed by atoms with E-state index in [1.165, 1.54) is 17.8 Å². The van der Waals surface area contributed by atoms with Gasteiger partial charge in [0.05, 0.1) is 19.0 Å². The molecule has 0 bridgehead atoms. The SMILES string of the molecule is [13CH3][13C@H](O)[13C@H]([15NH]C(=O)Nc1ncnc2c1ncn2[C@@H]1O[C@H](CO)[C@H](O)[C@@H]1O)[13C](=O)O. The van der Waals surface area contributed by atoms with Crippen LogP contribution in [0.25, 0.3) is 11.2 Å². The molecule has 14 nitrogen and oxygen atoms in total. The van der Waals surface area contributed by atoms with Crippen molar-refractivity contribution in [2.45, 2.75) is 43.6 Å². The number of nitrogens with zero attached hydrogens (tertiary/aromatic N) is 4. The van der Waals surface area contributed by atoms with Crippen molar-refractivity contribution in [3.8, 4) is 0 Å². The van der Waals surface area contributed by atoms with E-state index in [2.05, 4.69) is 25.6 Å². The average molecular weight is 417 g/mol. The number of hydrogen-bond donors (Lipinski definition) is 7. The maximum absolute atomic E-state index is 12.1. The fraction of sp³-hybridized carbons (Fsp3) is 0.533. The van der Waals surface area contributed by atoms with Gasteiger partial charge in [0.15, 0.2) is 29.3 Å². The van der Waals surface area contributed by atoms with E-state index in [-0.39, 0.29) is 17.0 Å². The third-order valence-electron chi connectivity index (χ3n) is 4.42. The zero-order valence-corrected chi connectivity index (χ0v) is 15.1. The number of aliphatic carboxylic acids is 1. The van der Waals surface area contributed by atoms with E-state index in [9.17, 15) is 30.0 Å². The summed E-state index contributed by atoms with van der Waals surface area (Å²) in [5.41, 5.74) is 0.250. The molecule has 0 unspecified atom stereocenters. The summed E-state index contributed by atoms with van der Waals surface area (Å²) in [4.78, 5) is 35.2. The lowest BCUT2D eigenvalue weighted by molar-refractivity contribution is -0.141. The quantitative estimate of drug-likeness (QED) is 0.191. The van der Waals surface area contributed by atoms with Crippen LogP contribution in [-0.2, 0) is 9.53 Å². The molecule has 0 aromatic carbocycles. The molecule has 0 aliphatic carbocycles. The van der Waals surface area contributed by atoms with Crippen LogP contribution in [0.4, 0.5) is 10.6 Å². The maximum atomic E-state index is 12.1. The number of fused-ring (bicyclic) bond motifs is 1. The van der Waals surface area contributed by atoms with E-state index in [4.69, 9.17) is 9.84 Å². The highest BCUT2D eigenvalue weighted by Crippen LogP contribution is 2.32. The van der Waals surface area contributed by atoms with Crippen molar-refractivity contribution in [1.82, 2.24) is 24.8 Å². The van der Waals surface area contributed by atoms with Gasteiger partial charge in [-0.15, -0.1) is 0 Å². The predicted molar refractivity (Wildman–Crippen MR) is 93.6 cm³/mol. The standard InChI is InChI=1S/C15H20N6O8/c1-5(23)7(14(26)27)19-15(28)20-11-8-12(17-3-16-11)21(4-18-8)13-10(25)9(24)6(2-22)29-13/h3-7,9-10,13,22-25H,2H2,1H3,(H,26,27)(H2,16,17,19,20,28)/t5-,6+,7-,9-,10-,13+/m0/s1/i1+1,5+1,7+1,14+1,19+1. The average Bonchev–Trinajstić information content (AvgIpc) is 3.21. The zero-order chi connectivity index (χ0) is 21.3. The van der Waals surface area contributed by atoms with E-state index < -0.39 is 55.3 Å². The lowest BCUT2D eigenvalue weighted by atomic mass is 10.1. The third kappa shape index (κ3) is 3.96. The summed E-state index contributed by atoms with van der Waals surface area (Å²) in [7, 11) is 0. The number of ether oxygens (including phenoxy) is 1. The van der Waals surface area contributed by atoms with Gasteiger partial charge in [0.25, 0.3) is 0 Å². The first kappa shape index (κ1) is 20.8. The van der Waals surface area contributed by atoms with Crippen molar-refractivity contribution in [3.05, 3.63) is 12.7 Å². The highest BCUT2D eigenvalue weighted by molar-refractivity contribution is 5.97. The summed E-state index contributed by atoms with van der Waals surface area (Å²) in [5.74, 6) is -1.48. The molecule has 3 heterocycles. The molecule has 3 rings (SSSR count). The van der Waals surface area contributed by atoms with E-state index in [0.717, 1.165) is 6.33 Å². The second-order valence-electron chi connectivity index (χ2n) is 6.43. The number of hydrogen-bond acceptors (Lipinski definition) is 10. The summed E-state index contributed by atoms with van der Waals surface area (Å²) < 4.78 is 6.74.